The fraction of sp³-hybridized carbons (Fsp3) is 0.500. The van der Waals surface area contributed by atoms with Gasteiger partial charge in [0.05, 0.1) is 6.04 Å². The quantitative estimate of drug-likeness (QED) is 0.909. The Morgan fingerprint density at radius 2 is 2.14 bits per heavy atom. The van der Waals surface area contributed by atoms with E-state index in [0.29, 0.717) is 11.6 Å². The Labute approximate surface area is 123 Å². The third-order valence-corrected chi connectivity index (χ3v) is 3.81. The lowest BCUT2D eigenvalue weighted by molar-refractivity contribution is -0.119. The molecule has 1 atom stereocenters. The number of nitrogens with zero attached hydrogens (tertiary/aromatic N) is 1. The van der Waals surface area contributed by atoms with Crippen LogP contribution in [-0.2, 0) is 4.79 Å². The molecule has 5 heteroatoms. The van der Waals surface area contributed by atoms with E-state index in [0.717, 1.165) is 29.8 Å². The van der Waals surface area contributed by atoms with Gasteiger partial charge in [-0.25, -0.2) is 4.98 Å². The summed E-state index contributed by atoms with van der Waals surface area (Å²) in [5.74, 6) is 1.09. The number of carbonyl (C=O) groups excluding carboxylic acids is 1. The number of amides is 1. The first-order valence-corrected chi connectivity index (χ1v) is 7.31. The number of fused-ring (bicyclic) bond motifs is 1. The molecular formula is C16H21N3O2. The van der Waals surface area contributed by atoms with Crippen molar-refractivity contribution >= 4 is 22.7 Å². The molecule has 0 aliphatic heterocycles. The molecule has 1 heterocycles. The van der Waals surface area contributed by atoms with Gasteiger partial charge >= 0.3 is 0 Å². The average Bonchev–Trinajstić information content (AvgIpc) is 3.17. The zero-order chi connectivity index (χ0) is 15.2. The predicted molar refractivity (Wildman–Crippen MR) is 82.0 cm³/mol. The molecule has 0 unspecified atom stereocenters. The number of anilines is 1. The fourth-order valence-electron chi connectivity index (χ4n) is 2.14. The number of carbonyl (C=O) groups is 1. The van der Waals surface area contributed by atoms with Crippen molar-refractivity contribution in [3.8, 4) is 0 Å². The molecule has 1 amide bonds. The normalized spacial score (nSPS) is 17.0. The first-order valence-electron chi connectivity index (χ1n) is 7.31. The number of rotatable bonds is 3. The minimum absolute atomic E-state index is 0.187. The second-order valence-corrected chi connectivity index (χ2v) is 6.84. The third kappa shape index (κ3) is 2.93. The summed E-state index contributed by atoms with van der Waals surface area (Å²) in [6.07, 6.45) is 2.30. The second-order valence-electron chi connectivity index (χ2n) is 6.84. The molecule has 21 heavy (non-hydrogen) atoms. The second kappa shape index (κ2) is 4.84. The van der Waals surface area contributed by atoms with E-state index in [-0.39, 0.29) is 11.3 Å². The lowest BCUT2D eigenvalue weighted by atomic mass is 9.87. The fourth-order valence-corrected chi connectivity index (χ4v) is 2.14. The van der Waals surface area contributed by atoms with Crippen LogP contribution in [0.1, 0.15) is 45.4 Å². The van der Waals surface area contributed by atoms with Gasteiger partial charge in [-0.3, -0.25) is 4.79 Å². The summed E-state index contributed by atoms with van der Waals surface area (Å²) in [7, 11) is 0. The lowest BCUT2D eigenvalue weighted by Crippen LogP contribution is -2.45. The maximum Gasteiger partial charge on any atom is 0.241 e. The van der Waals surface area contributed by atoms with Crippen LogP contribution in [0.25, 0.3) is 11.1 Å². The molecule has 1 saturated carbocycles. The zero-order valence-electron chi connectivity index (χ0n) is 12.6. The van der Waals surface area contributed by atoms with Crippen molar-refractivity contribution in [1.82, 2.24) is 4.98 Å². The van der Waals surface area contributed by atoms with Crippen LogP contribution in [0.4, 0.5) is 5.69 Å². The Balaban J connectivity index is 1.79. The van der Waals surface area contributed by atoms with Crippen molar-refractivity contribution in [1.29, 1.82) is 0 Å². The molecular weight excluding hydrogens is 266 g/mol. The molecule has 1 aliphatic carbocycles. The number of nitrogens with one attached hydrogen (secondary N) is 1. The van der Waals surface area contributed by atoms with Crippen LogP contribution >= 0.6 is 0 Å². The zero-order valence-corrected chi connectivity index (χ0v) is 12.6. The molecule has 0 spiro atoms. The largest absolute Gasteiger partial charge is 0.440 e. The van der Waals surface area contributed by atoms with Gasteiger partial charge in [0.2, 0.25) is 5.91 Å². The van der Waals surface area contributed by atoms with Crippen LogP contribution < -0.4 is 11.1 Å². The smallest absolute Gasteiger partial charge is 0.241 e. The monoisotopic (exact) mass is 287 g/mol. The molecule has 1 aliphatic rings. The minimum Gasteiger partial charge on any atom is -0.440 e. The third-order valence-electron chi connectivity index (χ3n) is 3.81. The summed E-state index contributed by atoms with van der Waals surface area (Å²) in [6, 6.07) is 4.93. The SMILES string of the molecule is CC(C)(C)[C@@H](N)C(=O)Nc1ccc2oc(C3CC3)nc2c1. The predicted octanol–water partition coefficient (Wildman–Crippen LogP) is 3.02. The maximum absolute atomic E-state index is 12.1. The van der Waals surface area contributed by atoms with Gasteiger partial charge in [0.25, 0.3) is 0 Å². The van der Waals surface area contributed by atoms with Crippen molar-refractivity contribution < 1.29 is 9.21 Å². The van der Waals surface area contributed by atoms with Crippen LogP contribution in [0, 0.1) is 5.41 Å². The summed E-state index contributed by atoms with van der Waals surface area (Å²) in [6.45, 7) is 5.83. The van der Waals surface area contributed by atoms with E-state index in [2.05, 4.69) is 10.3 Å². The van der Waals surface area contributed by atoms with E-state index in [1.54, 1.807) is 0 Å². The van der Waals surface area contributed by atoms with Crippen LogP contribution in [0.3, 0.4) is 0 Å². The highest BCUT2D eigenvalue weighted by molar-refractivity contribution is 5.96. The molecule has 0 bridgehead atoms. The number of benzene rings is 1. The molecule has 112 valence electrons. The van der Waals surface area contributed by atoms with Crippen molar-refractivity contribution in [2.45, 2.75) is 45.6 Å². The van der Waals surface area contributed by atoms with Gasteiger partial charge in [0.15, 0.2) is 11.5 Å². The highest BCUT2D eigenvalue weighted by Crippen LogP contribution is 2.40. The number of oxazole rings is 1. The highest BCUT2D eigenvalue weighted by atomic mass is 16.3. The molecule has 2 aromatic rings. The van der Waals surface area contributed by atoms with Crippen LogP contribution in [0.15, 0.2) is 22.6 Å². The Hall–Kier alpha value is -1.88. The molecule has 1 fully saturated rings. The van der Waals surface area contributed by atoms with Gasteiger partial charge < -0.3 is 15.5 Å². The summed E-state index contributed by atoms with van der Waals surface area (Å²) in [5.41, 5.74) is 7.92. The summed E-state index contributed by atoms with van der Waals surface area (Å²) >= 11 is 0. The topological polar surface area (TPSA) is 81.2 Å². The lowest BCUT2D eigenvalue weighted by Gasteiger charge is -2.25. The molecule has 3 N–H and O–H groups in total. The van der Waals surface area contributed by atoms with E-state index in [9.17, 15) is 4.79 Å². The van der Waals surface area contributed by atoms with Crippen LogP contribution in [0.2, 0.25) is 0 Å². The summed E-state index contributed by atoms with van der Waals surface area (Å²) in [5, 5.41) is 2.85. The Kier molecular flexibility index (Phi) is 3.24. The van der Waals surface area contributed by atoms with Crippen molar-refractivity contribution in [2.75, 3.05) is 5.32 Å². The van der Waals surface area contributed by atoms with Crippen molar-refractivity contribution in [3.05, 3.63) is 24.1 Å². The van der Waals surface area contributed by atoms with E-state index in [1.165, 1.54) is 0 Å². The molecule has 0 saturated heterocycles. The van der Waals surface area contributed by atoms with Gasteiger partial charge in [0, 0.05) is 11.6 Å². The van der Waals surface area contributed by atoms with Gasteiger partial charge in [0.1, 0.15) is 5.52 Å². The highest BCUT2D eigenvalue weighted by Gasteiger charge is 2.29. The van der Waals surface area contributed by atoms with Gasteiger partial charge in [-0.15, -0.1) is 0 Å². The van der Waals surface area contributed by atoms with E-state index < -0.39 is 6.04 Å². The minimum atomic E-state index is -0.562. The van der Waals surface area contributed by atoms with Gasteiger partial charge in [-0.2, -0.15) is 0 Å². The van der Waals surface area contributed by atoms with Crippen LogP contribution in [-0.4, -0.2) is 16.9 Å². The van der Waals surface area contributed by atoms with Gasteiger partial charge in [-0.05, 0) is 36.5 Å². The van der Waals surface area contributed by atoms with E-state index in [1.807, 2.05) is 39.0 Å². The first-order chi connectivity index (χ1) is 9.84. The molecule has 1 aromatic heterocycles. The number of aromatic nitrogens is 1. The molecule has 1 aromatic carbocycles. The maximum atomic E-state index is 12.1. The molecule has 0 radical (unpaired) electrons. The summed E-state index contributed by atoms with van der Waals surface area (Å²) < 4.78 is 5.71. The number of hydrogen-bond acceptors (Lipinski definition) is 4. The molecule has 5 nitrogen and oxygen atoms in total. The van der Waals surface area contributed by atoms with Crippen molar-refractivity contribution in [3.63, 3.8) is 0 Å². The summed E-state index contributed by atoms with van der Waals surface area (Å²) in [4.78, 5) is 16.6. The van der Waals surface area contributed by atoms with Gasteiger partial charge in [-0.1, -0.05) is 20.8 Å². The van der Waals surface area contributed by atoms with Crippen LogP contribution in [0.5, 0.6) is 0 Å². The van der Waals surface area contributed by atoms with Crippen molar-refractivity contribution in [2.24, 2.45) is 11.1 Å². The standard InChI is InChI=1S/C16H21N3O2/c1-16(2,3)13(17)14(20)18-10-6-7-12-11(8-10)19-15(21-12)9-4-5-9/h6-9,13H,4-5,17H2,1-3H3,(H,18,20)/t13-/m0/s1. The Morgan fingerprint density at radius 3 is 2.76 bits per heavy atom. The number of hydrogen-bond donors (Lipinski definition) is 2. The Bertz CT molecular complexity index is 680. The average molecular weight is 287 g/mol. The van der Waals surface area contributed by atoms with E-state index >= 15 is 0 Å². The Morgan fingerprint density at radius 1 is 1.43 bits per heavy atom. The first kappa shape index (κ1) is 14.1. The molecule has 3 rings (SSSR count). The van der Waals surface area contributed by atoms with E-state index in [4.69, 9.17) is 10.2 Å². The number of nitrogens with two attached hydrogens (primary N) is 1.